The summed E-state index contributed by atoms with van der Waals surface area (Å²) in [5.41, 5.74) is 0.698. The highest BCUT2D eigenvalue weighted by Crippen LogP contribution is 2.27. The number of hydrogen-bond donors (Lipinski definition) is 0. The molecule has 1 aromatic carbocycles. The van der Waals surface area contributed by atoms with E-state index in [1.54, 1.807) is 12.1 Å². The van der Waals surface area contributed by atoms with Gasteiger partial charge in [-0.25, -0.2) is 0 Å². The van der Waals surface area contributed by atoms with Gasteiger partial charge >= 0.3 is 0 Å². The van der Waals surface area contributed by atoms with Crippen LogP contribution >= 0.6 is 0 Å². The molecule has 0 N–H and O–H groups in total. The second-order valence-electron chi connectivity index (χ2n) is 4.60. The molecule has 2 nitrogen and oxygen atoms in total. The molecule has 2 atom stereocenters. The van der Waals surface area contributed by atoms with E-state index in [-0.39, 0.29) is 0 Å². The van der Waals surface area contributed by atoms with E-state index in [1.807, 2.05) is 12.1 Å². The molecule has 2 rings (SSSR count). The lowest BCUT2D eigenvalue weighted by molar-refractivity contribution is 0.102. The Hall–Kier alpha value is -1.31. The minimum atomic E-state index is 0.343. The van der Waals surface area contributed by atoms with Crippen LogP contribution in [0.2, 0.25) is 0 Å². The number of carbonyl (C=O) groups is 1. The van der Waals surface area contributed by atoms with E-state index >= 15 is 0 Å². The summed E-state index contributed by atoms with van der Waals surface area (Å²) in [5.74, 6) is 1.52. The molecule has 0 saturated heterocycles. The van der Waals surface area contributed by atoms with Gasteiger partial charge in [-0.3, -0.25) is 4.79 Å². The maximum absolute atomic E-state index is 10.5. The van der Waals surface area contributed by atoms with E-state index in [2.05, 4.69) is 6.92 Å². The first-order chi connectivity index (χ1) is 7.79. The van der Waals surface area contributed by atoms with Gasteiger partial charge in [0.2, 0.25) is 0 Å². The lowest BCUT2D eigenvalue weighted by Gasteiger charge is -2.29. The van der Waals surface area contributed by atoms with Crippen molar-refractivity contribution in [3.63, 3.8) is 0 Å². The monoisotopic (exact) mass is 218 g/mol. The summed E-state index contributed by atoms with van der Waals surface area (Å²) in [6.07, 6.45) is 6.20. The fraction of sp³-hybridized carbons (Fsp3) is 0.500. The summed E-state index contributed by atoms with van der Waals surface area (Å²) in [6.45, 7) is 2.25. The van der Waals surface area contributed by atoms with Crippen LogP contribution < -0.4 is 4.74 Å². The van der Waals surface area contributed by atoms with Crippen LogP contribution in [-0.4, -0.2) is 12.4 Å². The Balaban J connectivity index is 1.99. The molecule has 0 spiro atoms. The van der Waals surface area contributed by atoms with Crippen LogP contribution in [0.4, 0.5) is 0 Å². The Kier molecular flexibility index (Phi) is 3.60. The number of benzene rings is 1. The highest BCUT2D eigenvalue weighted by Gasteiger charge is 2.22. The van der Waals surface area contributed by atoms with Crippen LogP contribution in [0.5, 0.6) is 5.75 Å². The molecule has 1 aromatic rings. The zero-order chi connectivity index (χ0) is 11.4. The van der Waals surface area contributed by atoms with Crippen molar-refractivity contribution in [3.8, 4) is 5.75 Å². The minimum absolute atomic E-state index is 0.343. The number of aldehydes is 1. The lowest BCUT2D eigenvalue weighted by atomic mass is 9.88. The molecule has 2 heteroatoms. The third kappa shape index (κ3) is 2.63. The van der Waals surface area contributed by atoms with Gasteiger partial charge < -0.3 is 4.74 Å². The summed E-state index contributed by atoms with van der Waals surface area (Å²) in [4.78, 5) is 10.5. The predicted octanol–water partition coefficient (Wildman–Crippen LogP) is 3.46. The average Bonchev–Trinajstić information content (AvgIpc) is 2.33. The summed E-state index contributed by atoms with van der Waals surface area (Å²) in [7, 11) is 0. The molecule has 1 aliphatic rings. The minimum Gasteiger partial charge on any atom is -0.490 e. The Bertz CT molecular complexity index is 342. The van der Waals surface area contributed by atoms with Gasteiger partial charge in [-0.2, -0.15) is 0 Å². The van der Waals surface area contributed by atoms with E-state index in [9.17, 15) is 4.79 Å². The number of rotatable bonds is 3. The van der Waals surface area contributed by atoms with Gasteiger partial charge in [0.15, 0.2) is 0 Å². The van der Waals surface area contributed by atoms with E-state index in [1.165, 1.54) is 19.3 Å². The smallest absolute Gasteiger partial charge is 0.150 e. The lowest BCUT2D eigenvalue weighted by Crippen LogP contribution is -2.28. The van der Waals surface area contributed by atoms with Gasteiger partial charge in [0.25, 0.3) is 0 Å². The van der Waals surface area contributed by atoms with Crippen LogP contribution in [0.1, 0.15) is 43.0 Å². The molecule has 0 aromatic heterocycles. The third-order valence-electron chi connectivity index (χ3n) is 3.34. The largest absolute Gasteiger partial charge is 0.490 e. The van der Waals surface area contributed by atoms with Gasteiger partial charge in [0.1, 0.15) is 18.1 Å². The highest BCUT2D eigenvalue weighted by atomic mass is 16.5. The van der Waals surface area contributed by atoms with Gasteiger partial charge in [0.05, 0.1) is 0 Å². The van der Waals surface area contributed by atoms with Crippen LogP contribution in [0.25, 0.3) is 0 Å². The maximum Gasteiger partial charge on any atom is 0.150 e. The molecule has 0 heterocycles. The van der Waals surface area contributed by atoms with E-state index in [4.69, 9.17) is 4.74 Å². The predicted molar refractivity (Wildman–Crippen MR) is 63.9 cm³/mol. The van der Waals surface area contributed by atoms with Crippen molar-refractivity contribution in [2.24, 2.45) is 5.92 Å². The van der Waals surface area contributed by atoms with Crippen LogP contribution in [0, 0.1) is 5.92 Å². The van der Waals surface area contributed by atoms with Crippen molar-refractivity contribution in [1.29, 1.82) is 0 Å². The number of ether oxygens (including phenoxy) is 1. The maximum atomic E-state index is 10.5. The second kappa shape index (κ2) is 5.15. The number of hydrogen-bond acceptors (Lipinski definition) is 2. The number of carbonyl (C=O) groups excluding carboxylic acids is 1. The summed E-state index contributed by atoms with van der Waals surface area (Å²) in [6, 6.07) is 7.36. The fourth-order valence-corrected chi connectivity index (χ4v) is 2.26. The van der Waals surface area contributed by atoms with Crippen molar-refractivity contribution >= 4 is 6.29 Å². The molecule has 0 unspecified atom stereocenters. The van der Waals surface area contributed by atoms with Crippen molar-refractivity contribution in [2.75, 3.05) is 0 Å². The third-order valence-corrected chi connectivity index (χ3v) is 3.34. The second-order valence-corrected chi connectivity index (χ2v) is 4.60. The normalized spacial score (nSPS) is 25.1. The Morgan fingerprint density at radius 3 is 2.50 bits per heavy atom. The first-order valence-corrected chi connectivity index (χ1v) is 6.01. The molecule has 1 aliphatic carbocycles. The molecule has 16 heavy (non-hydrogen) atoms. The molecular weight excluding hydrogens is 200 g/mol. The van der Waals surface area contributed by atoms with Crippen molar-refractivity contribution in [3.05, 3.63) is 29.8 Å². The Morgan fingerprint density at radius 1 is 1.19 bits per heavy atom. The first-order valence-electron chi connectivity index (χ1n) is 6.01. The Labute approximate surface area is 96.6 Å². The van der Waals surface area contributed by atoms with E-state index in [0.29, 0.717) is 17.6 Å². The van der Waals surface area contributed by atoms with Crippen LogP contribution in [-0.2, 0) is 0 Å². The average molecular weight is 218 g/mol. The van der Waals surface area contributed by atoms with E-state index in [0.717, 1.165) is 18.5 Å². The molecule has 1 fully saturated rings. The zero-order valence-corrected chi connectivity index (χ0v) is 9.69. The summed E-state index contributed by atoms with van der Waals surface area (Å²) in [5, 5.41) is 0. The molecular formula is C14H18O2. The van der Waals surface area contributed by atoms with Gasteiger partial charge in [0, 0.05) is 5.56 Å². The first kappa shape index (κ1) is 11.2. The van der Waals surface area contributed by atoms with Gasteiger partial charge in [-0.05, 0) is 49.4 Å². The SMILES string of the molecule is C[C@H]1CCCC[C@H]1Oc1ccc(C=O)cc1. The van der Waals surface area contributed by atoms with E-state index < -0.39 is 0 Å². The summed E-state index contributed by atoms with van der Waals surface area (Å²) >= 11 is 0. The van der Waals surface area contributed by atoms with Crippen LogP contribution in [0.3, 0.4) is 0 Å². The molecule has 0 aliphatic heterocycles. The van der Waals surface area contributed by atoms with Gasteiger partial charge in [-0.1, -0.05) is 13.3 Å². The zero-order valence-electron chi connectivity index (χ0n) is 9.69. The molecule has 86 valence electrons. The quantitative estimate of drug-likeness (QED) is 0.726. The topological polar surface area (TPSA) is 26.3 Å². The molecule has 0 amide bonds. The van der Waals surface area contributed by atoms with Crippen LogP contribution in [0.15, 0.2) is 24.3 Å². The van der Waals surface area contributed by atoms with Crippen molar-refractivity contribution < 1.29 is 9.53 Å². The highest BCUT2D eigenvalue weighted by molar-refractivity contribution is 5.74. The summed E-state index contributed by atoms with van der Waals surface area (Å²) < 4.78 is 5.95. The molecule has 0 bridgehead atoms. The fourth-order valence-electron chi connectivity index (χ4n) is 2.26. The standard InChI is InChI=1S/C14H18O2/c1-11-4-2-3-5-14(11)16-13-8-6-12(10-15)7-9-13/h6-11,14H,2-5H2,1H3/t11-,14+/m0/s1. The molecule has 1 saturated carbocycles. The Morgan fingerprint density at radius 2 is 1.88 bits per heavy atom. The van der Waals surface area contributed by atoms with Gasteiger partial charge in [-0.15, -0.1) is 0 Å². The molecule has 0 radical (unpaired) electrons. The van der Waals surface area contributed by atoms with Crippen molar-refractivity contribution in [2.45, 2.75) is 38.7 Å². The van der Waals surface area contributed by atoms with Crippen molar-refractivity contribution in [1.82, 2.24) is 0 Å².